The number of aryl methyl sites for hydroxylation is 1. The zero-order valence-corrected chi connectivity index (χ0v) is 15.2. The van der Waals surface area contributed by atoms with Crippen LogP contribution in [0.5, 0.6) is 0 Å². The summed E-state index contributed by atoms with van der Waals surface area (Å²) in [6.07, 6.45) is 6.51. The molecule has 25 heavy (non-hydrogen) atoms. The summed E-state index contributed by atoms with van der Waals surface area (Å²) in [5.41, 5.74) is 1.21. The average molecular weight is 344 g/mol. The molecule has 2 aromatic rings. The van der Waals surface area contributed by atoms with Gasteiger partial charge in [0.15, 0.2) is 0 Å². The predicted molar refractivity (Wildman–Crippen MR) is 101 cm³/mol. The van der Waals surface area contributed by atoms with Crippen molar-refractivity contribution < 1.29 is 9.90 Å². The molecule has 2 amide bonds. The molecule has 0 saturated carbocycles. The summed E-state index contributed by atoms with van der Waals surface area (Å²) in [7, 11) is 0. The van der Waals surface area contributed by atoms with Crippen molar-refractivity contribution in [3.05, 3.63) is 36.7 Å². The van der Waals surface area contributed by atoms with Gasteiger partial charge in [0.1, 0.15) is 5.82 Å². The number of carbonyl (C=O) groups excluding carboxylic acids is 1. The zero-order chi connectivity index (χ0) is 18.3. The van der Waals surface area contributed by atoms with Crippen LogP contribution in [-0.2, 0) is 6.54 Å². The molecule has 0 bridgehead atoms. The number of hydrogen-bond donors (Lipinski definition) is 3. The van der Waals surface area contributed by atoms with Crippen molar-refractivity contribution in [3.8, 4) is 11.4 Å². The van der Waals surface area contributed by atoms with Crippen LogP contribution in [0.15, 0.2) is 36.7 Å². The molecule has 0 aliphatic carbocycles. The summed E-state index contributed by atoms with van der Waals surface area (Å²) in [6, 6.07) is 7.38. The number of aliphatic hydroxyl groups is 1. The number of nitrogens with one attached hydrogen (secondary N) is 2. The van der Waals surface area contributed by atoms with Crippen LogP contribution in [0.25, 0.3) is 11.4 Å². The van der Waals surface area contributed by atoms with E-state index in [0.29, 0.717) is 12.1 Å². The number of carbonyl (C=O) groups is 1. The Morgan fingerprint density at radius 2 is 2.16 bits per heavy atom. The van der Waals surface area contributed by atoms with Gasteiger partial charge >= 0.3 is 6.03 Å². The molecule has 0 saturated heterocycles. The Labute approximate surface area is 149 Å². The number of amides is 2. The number of nitrogens with zero attached hydrogens (tertiary/aromatic N) is 2. The number of urea groups is 1. The van der Waals surface area contributed by atoms with E-state index in [1.54, 1.807) is 6.20 Å². The van der Waals surface area contributed by atoms with Crippen molar-refractivity contribution in [3.63, 3.8) is 0 Å². The molecule has 1 heterocycles. The third kappa shape index (κ3) is 5.60. The quantitative estimate of drug-likeness (QED) is 0.684. The fourth-order valence-corrected chi connectivity index (χ4v) is 2.63. The van der Waals surface area contributed by atoms with Gasteiger partial charge in [0.25, 0.3) is 0 Å². The Morgan fingerprint density at radius 1 is 1.36 bits per heavy atom. The van der Waals surface area contributed by atoms with Crippen molar-refractivity contribution in [2.24, 2.45) is 0 Å². The first-order valence-electron chi connectivity index (χ1n) is 8.77. The summed E-state index contributed by atoms with van der Waals surface area (Å²) >= 11 is 0. The van der Waals surface area contributed by atoms with Crippen LogP contribution < -0.4 is 10.6 Å². The smallest absolute Gasteiger partial charge is 0.319 e. The van der Waals surface area contributed by atoms with Crippen LogP contribution in [0.1, 0.15) is 40.0 Å². The van der Waals surface area contributed by atoms with Crippen molar-refractivity contribution in [1.82, 2.24) is 14.9 Å². The van der Waals surface area contributed by atoms with Gasteiger partial charge < -0.3 is 20.3 Å². The highest BCUT2D eigenvalue weighted by Crippen LogP contribution is 2.22. The summed E-state index contributed by atoms with van der Waals surface area (Å²) < 4.78 is 2.13. The maximum Gasteiger partial charge on any atom is 0.319 e. The Kier molecular flexibility index (Phi) is 6.58. The SMILES string of the molecule is CCCCn1ccnc1-c1cccc(NC(=O)NC(C)(C)CCO)c1. The minimum atomic E-state index is -0.465. The van der Waals surface area contributed by atoms with Crippen molar-refractivity contribution in [1.29, 1.82) is 0 Å². The fraction of sp³-hybridized carbons (Fsp3) is 0.474. The van der Waals surface area contributed by atoms with Gasteiger partial charge in [-0.25, -0.2) is 9.78 Å². The van der Waals surface area contributed by atoms with Gasteiger partial charge in [-0.3, -0.25) is 0 Å². The summed E-state index contributed by atoms with van der Waals surface area (Å²) in [5, 5.41) is 14.8. The van der Waals surface area contributed by atoms with Crippen molar-refractivity contribution >= 4 is 11.7 Å². The Bertz CT molecular complexity index is 694. The van der Waals surface area contributed by atoms with E-state index in [9.17, 15) is 4.79 Å². The number of hydrogen-bond acceptors (Lipinski definition) is 3. The van der Waals surface area contributed by atoms with Gasteiger partial charge in [0.2, 0.25) is 0 Å². The predicted octanol–water partition coefficient (Wildman–Crippen LogP) is 3.63. The van der Waals surface area contributed by atoms with E-state index in [-0.39, 0.29) is 12.6 Å². The van der Waals surface area contributed by atoms with Gasteiger partial charge in [0.05, 0.1) is 0 Å². The Hall–Kier alpha value is -2.34. The summed E-state index contributed by atoms with van der Waals surface area (Å²) in [5.74, 6) is 0.901. The van der Waals surface area contributed by atoms with E-state index in [4.69, 9.17) is 5.11 Å². The number of imidazole rings is 1. The summed E-state index contributed by atoms with van der Waals surface area (Å²) in [4.78, 5) is 16.6. The largest absolute Gasteiger partial charge is 0.396 e. The number of benzene rings is 1. The maximum atomic E-state index is 12.2. The molecule has 0 radical (unpaired) electrons. The molecule has 1 aromatic carbocycles. The number of aromatic nitrogens is 2. The highest BCUT2D eigenvalue weighted by molar-refractivity contribution is 5.90. The minimum absolute atomic E-state index is 0.0309. The second-order valence-electron chi connectivity index (χ2n) is 6.82. The molecule has 0 aliphatic heterocycles. The Balaban J connectivity index is 2.09. The first-order chi connectivity index (χ1) is 11.9. The molecule has 6 heteroatoms. The topological polar surface area (TPSA) is 79.2 Å². The highest BCUT2D eigenvalue weighted by atomic mass is 16.3. The minimum Gasteiger partial charge on any atom is -0.396 e. The molecular formula is C19H28N4O2. The highest BCUT2D eigenvalue weighted by Gasteiger charge is 2.19. The van der Waals surface area contributed by atoms with E-state index in [0.717, 1.165) is 30.8 Å². The lowest BCUT2D eigenvalue weighted by Crippen LogP contribution is -2.46. The third-order valence-corrected chi connectivity index (χ3v) is 4.04. The number of anilines is 1. The molecule has 1 aromatic heterocycles. The van der Waals surface area contributed by atoms with Gasteiger partial charge in [0, 0.05) is 42.3 Å². The fourth-order valence-electron chi connectivity index (χ4n) is 2.63. The molecule has 3 N–H and O–H groups in total. The molecule has 0 fully saturated rings. The standard InChI is InChI=1S/C19H28N4O2/c1-4-5-11-23-12-10-20-17(23)15-7-6-8-16(14-15)21-18(25)22-19(2,3)9-13-24/h6-8,10,12,14,24H,4-5,9,11,13H2,1-3H3,(H2,21,22,25). The number of unbranched alkanes of at least 4 members (excludes halogenated alkanes) is 1. The normalized spacial score (nSPS) is 11.4. The van der Waals surface area contributed by atoms with Crippen molar-refractivity contribution in [2.45, 2.75) is 52.1 Å². The van der Waals surface area contributed by atoms with Gasteiger partial charge in [-0.05, 0) is 38.8 Å². The van der Waals surface area contributed by atoms with E-state index >= 15 is 0 Å². The van der Waals surface area contributed by atoms with Gasteiger partial charge in [-0.15, -0.1) is 0 Å². The van der Waals surface area contributed by atoms with Crippen LogP contribution in [0, 0.1) is 0 Å². The average Bonchev–Trinajstić information content (AvgIpc) is 3.00. The van der Waals surface area contributed by atoms with E-state index in [1.165, 1.54) is 0 Å². The molecule has 2 rings (SSSR count). The molecule has 6 nitrogen and oxygen atoms in total. The monoisotopic (exact) mass is 344 g/mol. The molecule has 136 valence electrons. The molecule has 0 unspecified atom stereocenters. The number of aliphatic hydroxyl groups excluding tert-OH is 1. The Morgan fingerprint density at radius 3 is 2.88 bits per heavy atom. The van der Waals surface area contributed by atoms with Gasteiger partial charge in [-0.2, -0.15) is 0 Å². The zero-order valence-electron chi connectivity index (χ0n) is 15.2. The van der Waals surface area contributed by atoms with Crippen LogP contribution in [-0.4, -0.2) is 32.8 Å². The van der Waals surface area contributed by atoms with E-state index < -0.39 is 5.54 Å². The first-order valence-corrected chi connectivity index (χ1v) is 8.77. The van der Waals surface area contributed by atoms with Crippen LogP contribution in [0.3, 0.4) is 0 Å². The maximum absolute atomic E-state index is 12.2. The molecular weight excluding hydrogens is 316 g/mol. The van der Waals surface area contributed by atoms with Crippen LogP contribution in [0.2, 0.25) is 0 Å². The second-order valence-corrected chi connectivity index (χ2v) is 6.82. The lowest BCUT2D eigenvalue weighted by molar-refractivity contribution is 0.218. The third-order valence-electron chi connectivity index (χ3n) is 4.04. The lowest BCUT2D eigenvalue weighted by Gasteiger charge is -2.25. The lowest BCUT2D eigenvalue weighted by atomic mass is 10.0. The van der Waals surface area contributed by atoms with E-state index in [1.807, 2.05) is 44.3 Å². The van der Waals surface area contributed by atoms with Crippen molar-refractivity contribution in [2.75, 3.05) is 11.9 Å². The number of rotatable bonds is 8. The van der Waals surface area contributed by atoms with E-state index in [2.05, 4.69) is 27.1 Å². The van der Waals surface area contributed by atoms with Crippen LogP contribution in [0.4, 0.5) is 10.5 Å². The summed E-state index contributed by atoms with van der Waals surface area (Å²) in [6.45, 7) is 6.88. The second kappa shape index (κ2) is 8.67. The molecule has 0 spiro atoms. The molecule has 0 aliphatic rings. The molecule has 0 atom stereocenters. The first kappa shape index (κ1) is 19.0. The van der Waals surface area contributed by atoms with Gasteiger partial charge in [-0.1, -0.05) is 25.5 Å². The van der Waals surface area contributed by atoms with Crippen LogP contribution >= 0.6 is 0 Å².